The lowest BCUT2D eigenvalue weighted by Gasteiger charge is -2.47. The van der Waals surface area contributed by atoms with Crippen molar-refractivity contribution in [3.05, 3.63) is 28.2 Å². The molecule has 1 saturated carbocycles. The van der Waals surface area contributed by atoms with Crippen LogP contribution in [0.25, 0.3) is 0 Å². The van der Waals surface area contributed by atoms with Gasteiger partial charge in [0.15, 0.2) is 6.61 Å². The molecule has 1 saturated heterocycles. The highest BCUT2D eigenvalue weighted by Crippen LogP contribution is 2.43. The van der Waals surface area contributed by atoms with E-state index in [0.29, 0.717) is 28.3 Å². The minimum Gasteiger partial charge on any atom is -0.482 e. The molecule has 1 N–H and O–H groups in total. The molecule has 1 aromatic carbocycles. The van der Waals surface area contributed by atoms with Crippen LogP contribution in [0, 0.1) is 11.8 Å². The number of benzene rings is 1. The van der Waals surface area contributed by atoms with Crippen LogP contribution in [0.2, 0.25) is 10.0 Å². The van der Waals surface area contributed by atoms with Crippen molar-refractivity contribution in [2.75, 3.05) is 26.9 Å². The molecule has 1 aliphatic carbocycles. The molecule has 0 bridgehead atoms. The predicted molar refractivity (Wildman–Crippen MR) is 87.1 cm³/mol. The predicted octanol–water partition coefficient (Wildman–Crippen LogP) is 2.54. The zero-order chi connectivity index (χ0) is 16.4. The van der Waals surface area contributed by atoms with E-state index in [-0.39, 0.29) is 30.6 Å². The number of rotatable bonds is 6. The average molecular weight is 360 g/mol. The van der Waals surface area contributed by atoms with Crippen LogP contribution in [0.5, 0.6) is 5.75 Å². The number of halogens is 2. The molecular formula is C16H19Cl2NO4. The van der Waals surface area contributed by atoms with Crippen LogP contribution in [0.15, 0.2) is 18.2 Å². The van der Waals surface area contributed by atoms with E-state index in [1.165, 1.54) is 0 Å². The second kappa shape index (κ2) is 7.26. The number of amides is 1. The van der Waals surface area contributed by atoms with Crippen LogP contribution in [0.3, 0.4) is 0 Å². The Hall–Kier alpha value is -1.01. The molecule has 4 atom stereocenters. The fourth-order valence-corrected chi connectivity index (χ4v) is 3.86. The molecule has 0 aromatic heterocycles. The normalized spacial score (nSPS) is 28.8. The van der Waals surface area contributed by atoms with Gasteiger partial charge in [-0.05, 0) is 24.6 Å². The standard InChI is InChI=1S/C16H19Cl2NO4/c1-21-7-11-15(10-4-5-22-16(10)11)19-14(20)8-23-13-3-2-9(17)6-12(13)18/h2-3,6,10-11,15-16H,4-5,7-8H2,1H3,(H,19,20)/t10-,11-,15-,16-/m1/s1. The Labute approximate surface area is 145 Å². The molecule has 0 spiro atoms. The van der Waals surface area contributed by atoms with Crippen LogP contribution < -0.4 is 10.1 Å². The minimum absolute atomic E-state index is 0.0826. The lowest BCUT2D eigenvalue weighted by Crippen LogP contribution is -2.63. The van der Waals surface area contributed by atoms with E-state index in [0.717, 1.165) is 13.0 Å². The Balaban J connectivity index is 1.52. The van der Waals surface area contributed by atoms with E-state index in [2.05, 4.69) is 5.32 Å². The van der Waals surface area contributed by atoms with Gasteiger partial charge in [-0.2, -0.15) is 0 Å². The molecule has 2 fully saturated rings. The highest BCUT2D eigenvalue weighted by molar-refractivity contribution is 6.35. The summed E-state index contributed by atoms with van der Waals surface area (Å²) in [5.41, 5.74) is 0. The van der Waals surface area contributed by atoms with Crippen molar-refractivity contribution < 1.29 is 19.0 Å². The Kier molecular flexibility index (Phi) is 5.31. The maximum absolute atomic E-state index is 12.1. The summed E-state index contributed by atoms with van der Waals surface area (Å²) in [5, 5.41) is 3.94. The van der Waals surface area contributed by atoms with Crippen molar-refractivity contribution in [2.24, 2.45) is 11.8 Å². The quantitative estimate of drug-likeness (QED) is 0.847. The summed E-state index contributed by atoms with van der Waals surface area (Å²) < 4.78 is 16.4. The van der Waals surface area contributed by atoms with E-state index < -0.39 is 0 Å². The van der Waals surface area contributed by atoms with Crippen molar-refractivity contribution >= 4 is 29.1 Å². The highest BCUT2D eigenvalue weighted by atomic mass is 35.5. The van der Waals surface area contributed by atoms with Crippen molar-refractivity contribution in [1.29, 1.82) is 0 Å². The van der Waals surface area contributed by atoms with E-state index in [1.807, 2.05) is 0 Å². The number of methoxy groups -OCH3 is 1. The summed E-state index contributed by atoms with van der Waals surface area (Å²) in [7, 11) is 1.66. The van der Waals surface area contributed by atoms with Crippen molar-refractivity contribution in [3.63, 3.8) is 0 Å². The first-order valence-corrected chi connectivity index (χ1v) is 8.33. The Morgan fingerprint density at radius 3 is 3.00 bits per heavy atom. The summed E-state index contributed by atoms with van der Waals surface area (Å²) in [6.45, 7) is 1.24. The summed E-state index contributed by atoms with van der Waals surface area (Å²) in [4.78, 5) is 12.1. The molecule has 1 heterocycles. The molecule has 5 nitrogen and oxygen atoms in total. The van der Waals surface area contributed by atoms with Gasteiger partial charge in [-0.25, -0.2) is 0 Å². The molecule has 1 amide bonds. The van der Waals surface area contributed by atoms with Gasteiger partial charge in [-0.1, -0.05) is 23.2 Å². The minimum atomic E-state index is -0.174. The van der Waals surface area contributed by atoms with Crippen molar-refractivity contribution in [2.45, 2.75) is 18.6 Å². The van der Waals surface area contributed by atoms with Gasteiger partial charge in [0.25, 0.3) is 5.91 Å². The summed E-state index contributed by atoms with van der Waals surface area (Å²) >= 11 is 11.8. The fraction of sp³-hybridized carbons (Fsp3) is 0.562. The lowest BCUT2D eigenvalue weighted by atomic mass is 9.67. The van der Waals surface area contributed by atoms with Crippen LogP contribution in [0.4, 0.5) is 0 Å². The smallest absolute Gasteiger partial charge is 0.258 e. The first kappa shape index (κ1) is 16.8. The van der Waals surface area contributed by atoms with Crippen LogP contribution in [-0.2, 0) is 14.3 Å². The van der Waals surface area contributed by atoms with E-state index >= 15 is 0 Å². The first-order valence-electron chi connectivity index (χ1n) is 7.58. The Morgan fingerprint density at radius 1 is 1.43 bits per heavy atom. The third-order valence-electron chi connectivity index (χ3n) is 4.47. The molecule has 126 valence electrons. The summed E-state index contributed by atoms with van der Waals surface area (Å²) in [5.74, 6) is 0.844. The Bertz CT molecular complexity index is 583. The van der Waals surface area contributed by atoms with E-state index in [9.17, 15) is 4.79 Å². The topological polar surface area (TPSA) is 56.8 Å². The van der Waals surface area contributed by atoms with Crippen molar-refractivity contribution in [3.8, 4) is 5.75 Å². The largest absolute Gasteiger partial charge is 0.482 e. The van der Waals surface area contributed by atoms with Gasteiger partial charge in [-0.15, -0.1) is 0 Å². The third-order valence-corrected chi connectivity index (χ3v) is 5.00. The molecule has 3 rings (SSSR count). The van der Waals surface area contributed by atoms with E-state index in [4.69, 9.17) is 37.4 Å². The number of carbonyl (C=O) groups is 1. The molecule has 23 heavy (non-hydrogen) atoms. The van der Waals surface area contributed by atoms with Gasteiger partial charge < -0.3 is 19.5 Å². The maximum atomic E-state index is 12.1. The van der Waals surface area contributed by atoms with Gasteiger partial charge in [0.05, 0.1) is 17.7 Å². The number of hydrogen-bond donors (Lipinski definition) is 1. The van der Waals surface area contributed by atoms with Crippen LogP contribution in [0.1, 0.15) is 6.42 Å². The number of ether oxygens (including phenoxy) is 3. The SMILES string of the molecule is COC[C@@H]1[C@H](NC(=O)COc2ccc(Cl)cc2Cl)[C@H]2CCO[C@H]21. The number of nitrogens with one attached hydrogen (secondary N) is 1. The number of carbonyl (C=O) groups excluding carboxylic acids is 1. The zero-order valence-electron chi connectivity index (χ0n) is 12.8. The second-order valence-electron chi connectivity index (χ2n) is 5.86. The van der Waals surface area contributed by atoms with Gasteiger partial charge >= 0.3 is 0 Å². The number of fused-ring (bicyclic) bond motifs is 1. The fourth-order valence-electron chi connectivity index (χ4n) is 3.40. The molecule has 1 aliphatic heterocycles. The maximum Gasteiger partial charge on any atom is 0.258 e. The van der Waals surface area contributed by atoms with Gasteiger partial charge in [-0.3, -0.25) is 4.79 Å². The average Bonchev–Trinajstić information content (AvgIpc) is 2.94. The lowest BCUT2D eigenvalue weighted by molar-refractivity contribution is -0.131. The second-order valence-corrected chi connectivity index (χ2v) is 6.71. The van der Waals surface area contributed by atoms with E-state index in [1.54, 1.807) is 25.3 Å². The molecule has 2 aliphatic rings. The summed E-state index contributed by atoms with van der Waals surface area (Å²) in [6.07, 6.45) is 1.17. The highest BCUT2D eigenvalue weighted by Gasteiger charge is 2.54. The molecule has 7 heteroatoms. The van der Waals surface area contributed by atoms with Gasteiger partial charge in [0.1, 0.15) is 5.75 Å². The molecule has 1 aromatic rings. The van der Waals surface area contributed by atoms with Gasteiger partial charge in [0, 0.05) is 36.6 Å². The zero-order valence-corrected chi connectivity index (χ0v) is 14.3. The molecule has 0 unspecified atom stereocenters. The molecular weight excluding hydrogens is 341 g/mol. The van der Waals surface area contributed by atoms with Crippen LogP contribution in [-0.4, -0.2) is 45.0 Å². The third kappa shape index (κ3) is 3.58. The molecule has 0 radical (unpaired) electrons. The van der Waals surface area contributed by atoms with Crippen LogP contribution >= 0.6 is 23.2 Å². The monoisotopic (exact) mass is 359 g/mol. The Morgan fingerprint density at radius 2 is 2.26 bits per heavy atom. The first-order chi connectivity index (χ1) is 11.1. The van der Waals surface area contributed by atoms with Crippen molar-refractivity contribution in [1.82, 2.24) is 5.32 Å². The number of hydrogen-bond acceptors (Lipinski definition) is 4. The van der Waals surface area contributed by atoms with Gasteiger partial charge in [0.2, 0.25) is 0 Å². The summed E-state index contributed by atoms with van der Waals surface area (Å²) in [6, 6.07) is 4.98.